The van der Waals surface area contributed by atoms with Crippen LogP contribution in [0.4, 0.5) is 5.69 Å². The molecule has 1 heterocycles. The zero-order valence-corrected chi connectivity index (χ0v) is 17.7. The molecular formula is C19H17BrN4O4S. The molecule has 1 aliphatic rings. The van der Waals surface area contributed by atoms with Crippen LogP contribution in [0.15, 0.2) is 57.1 Å². The van der Waals surface area contributed by atoms with Crippen molar-refractivity contribution in [2.75, 3.05) is 12.4 Å². The number of aromatic hydroxyl groups is 1. The number of amidine groups is 1. The van der Waals surface area contributed by atoms with E-state index in [-0.39, 0.29) is 24.0 Å². The van der Waals surface area contributed by atoms with Gasteiger partial charge in [0.1, 0.15) is 5.25 Å². The van der Waals surface area contributed by atoms with Crippen LogP contribution in [0, 0.1) is 0 Å². The minimum Gasteiger partial charge on any atom is -0.504 e. The summed E-state index contributed by atoms with van der Waals surface area (Å²) in [6.45, 7) is 0. The molecule has 0 aromatic heterocycles. The Morgan fingerprint density at radius 1 is 1.34 bits per heavy atom. The summed E-state index contributed by atoms with van der Waals surface area (Å²) >= 11 is 4.48. The van der Waals surface area contributed by atoms with Crippen LogP contribution >= 0.6 is 27.7 Å². The fraction of sp³-hybridized carbons (Fsp3) is 0.158. The zero-order valence-electron chi connectivity index (χ0n) is 15.3. The molecule has 1 saturated heterocycles. The van der Waals surface area contributed by atoms with Crippen LogP contribution in [0.2, 0.25) is 0 Å². The summed E-state index contributed by atoms with van der Waals surface area (Å²) in [6.07, 6.45) is 1.49. The largest absolute Gasteiger partial charge is 0.504 e. The molecule has 0 saturated carbocycles. The number of phenolic OH excluding ortho intramolecular Hbond substituents is 1. The highest BCUT2D eigenvalue weighted by atomic mass is 79.9. The lowest BCUT2D eigenvalue weighted by molar-refractivity contribution is -0.122. The van der Waals surface area contributed by atoms with Crippen LogP contribution < -0.4 is 15.4 Å². The van der Waals surface area contributed by atoms with Gasteiger partial charge in [-0.3, -0.25) is 9.59 Å². The van der Waals surface area contributed by atoms with Gasteiger partial charge in [0.15, 0.2) is 16.7 Å². The molecule has 0 radical (unpaired) electrons. The number of halogens is 1. The van der Waals surface area contributed by atoms with E-state index in [9.17, 15) is 14.7 Å². The molecule has 1 atom stereocenters. The number of methoxy groups -OCH3 is 1. The van der Waals surface area contributed by atoms with Crippen molar-refractivity contribution in [2.24, 2.45) is 10.2 Å². The Balaban J connectivity index is 1.56. The lowest BCUT2D eigenvalue weighted by atomic mass is 10.2. The molecule has 10 heteroatoms. The maximum absolute atomic E-state index is 12.2. The number of carbonyl (C=O) groups excluding carboxylic acids is 2. The van der Waals surface area contributed by atoms with Gasteiger partial charge in [0.25, 0.3) is 0 Å². The van der Waals surface area contributed by atoms with Crippen molar-refractivity contribution in [1.82, 2.24) is 5.32 Å². The molecular weight excluding hydrogens is 460 g/mol. The van der Waals surface area contributed by atoms with Crippen molar-refractivity contribution in [2.45, 2.75) is 11.7 Å². The van der Waals surface area contributed by atoms with E-state index >= 15 is 0 Å². The maximum Gasteiger partial charge on any atom is 0.240 e. The third-order valence-corrected chi connectivity index (χ3v) is 5.44. The first-order chi connectivity index (χ1) is 13.9. The summed E-state index contributed by atoms with van der Waals surface area (Å²) in [5, 5.41) is 22.6. The highest BCUT2D eigenvalue weighted by molar-refractivity contribution is 9.10. The number of phenols is 1. The smallest absolute Gasteiger partial charge is 0.240 e. The van der Waals surface area contributed by atoms with Crippen molar-refractivity contribution in [3.63, 3.8) is 0 Å². The van der Waals surface area contributed by atoms with E-state index in [0.717, 1.165) is 16.2 Å². The van der Waals surface area contributed by atoms with Crippen LogP contribution in [0.25, 0.3) is 0 Å². The first kappa shape index (κ1) is 20.9. The Bertz CT molecular complexity index is 979. The molecule has 2 amide bonds. The van der Waals surface area contributed by atoms with Crippen molar-refractivity contribution in [1.29, 1.82) is 0 Å². The molecule has 1 aliphatic heterocycles. The molecule has 0 bridgehead atoms. The molecule has 3 rings (SSSR count). The predicted molar refractivity (Wildman–Crippen MR) is 117 cm³/mol. The van der Waals surface area contributed by atoms with Gasteiger partial charge in [0.05, 0.1) is 13.3 Å². The molecule has 150 valence electrons. The molecule has 0 spiro atoms. The van der Waals surface area contributed by atoms with Gasteiger partial charge in [-0.1, -0.05) is 27.7 Å². The monoisotopic (exact) mass is 476 g/mol. The van der Waals surface area contributed by atoms with E-state index < -0.39 is 5.25 Å². The van der Waals surface area contributed by atoms with E-state index in [0.29, 0.717) is 22.2 Å². The summed E-state index contributed by atoms with van der Waals surface area (Å²) in [4.78, 5) is 24.3. The lowest BCUT2D eigenvalue weighted by Gasteiger charge is -2.07. The molecule has 2 aromatic carbocycles. The summed E-state index contributed by atoms with van der Waals surface area (Å²) in [6, 6.07) is 11.9. The number of nitrogens with one attached hydrogen (secondary N) is 2. The van der Waals surface area contributed by atoms with Crippen molar-refractivity contribution < 1.29 is 19.4 Å². The molecule has 2 aromatic rings. The summed E-state index contributed by atoms with van der Waals surface area (Å²) in [5.74, 6) is -0.206. The average molecular weight is 477 g/mol. The number of ether oxygens (including phenoxy) is 1. The highest BCUT2D eigenvalue weighted by Crippen LogP contribution is 2.26. The van der Waals surface area contributed by atoms with Crippen LogP contribution in [0.3, 0.4) is 0 Å². The number of anilines is 1. The number of rotatable bonds is 6. The Morgan fingerprint density at radius 3 is 2.83 bits per heavy atom. The molecule has 0 aliphatic carbocycles. The van der Waals surface area contributed by atoms with Crippen molar-refractivity contribution in [3.8, 4) is 11.5 Å². The van der Waals surface area contributed by atoms with Gasteiger partial charge >= 0.3 is 0 Å². The average Bonchev–Trinajstić information content (AvgIpc) is 3.04. The third kappa shape index (κ3) is 5.81. The first-order valence-electron chi connectivity index (χ1n) is 8.45. The number of carbonyl (C=O) groups is 2. The van der Waals surface area contributed by atoms with Gasteiger partial charge in [0, 0.05) is 16.6 Å². The Kier molecular flexibility index (Phi) is 6.89. The fourth-order valence-electron chi connectivity index (χ4n) is 2.42. The maximum atomic E-state index is 12.2. The normalized spacial score (nSPS) is 17.5. The van der Waals surface area contributed by atoms with Crippen LogP contribution in [-0.4, -0.2) is 40.7 Å². The fourth-order valence-corrected chi connectivity index (χ4v) is 3.61. The second kappa shape index (κ2) is 9.57. The van der Waals surface area contributed by atoms with Gasteiger partial charge in [0.2, 0.25) is 11.8 Å². The molecule has 8 nitrogen and oxygen atoms in total. The van der Waals surface area contributed by atoms with E-state index in [4.69, 9.17) is 4.74 Å². The second-order valence-corrected chi connectivity index (χ2v) is 8.04. The van der Waals surface area contributed by atoms with Gasteiger partial charge in [-0.05, 0) is 48.0 Å². The molecule has 1 fully saturated rings. The van der Waals surface area contributed by atoms with Crippen molar-refractivity contribution >= 4 is 56.6 Å². The topological polar surface area (TPSA) is 112 Å². The van der Waals surface area contributed by atoms with Crippen LogP contribution in [0.5, 0.6) is 11.5 Å². The third-order valence-electron chi connectivity index (χ3n) is 3.83. The van der Waals surface area contributed by atoms with E-state index in [1.165, 1.54) is 19.4 Å². The molecule has 29 heavy (non-hydrogen) atoms. The van der Waals surface area contributed by atoms with Crippen LogP contribution in [-0.2, 0) is 9.59 Å². The summed E-state index contributed by atoms with van der Waals surface area (Å²) < 4.78 is 5.94. The number of nitrogens with zero attached hydrogens (tertiary/aromatic N) is 2. The Labute approximate surface area is 179 Å². The Morgan fingerprint density at radius 2 is 2.10 bits per heavy atom. The second-order valence-electron chi connectivity index (χ2n) is 5.94. The van der Waals surface area contributed by atoms with E-state index in [1.54, 1.807) is 24.3 Å². The Hall–Kier alpha value is -2.85. The lowest BCUT2D eigenvalue weighted by Crippen LogP contribution is -2.28. The minimum absolute atomic E-state index is 0.0183. The predicted octanol–water partition coefficient (Wildman–Crippen LogP) is 3.11. The van der Waals surface area contributed by atoms with Crippen molar-refractivity contribution in [3.05, 3.63) is 52.5 Å². The van der Waals surface area contributed by atoms with Crippen LogP contribution in [0.1, 0.15) is 12.0 Å². The van der Waals surface area contributed by atoms with Gasteiger partial charge < -0.3 is 20.5 Å². The molecule has 3 N–H and O–H groups in total. The standard InChI is InChI=1S/C19H17BrN4O4S/c1-28-15-8-11(2-7-14(15)25)10-21-24-19-23-18(27)16(29-19)9-17(26)22-13-5-3-12(20)4-6-13/h2-8,10,16,25H,9H2,1H3,(H,22,26)(H,23,24,27)/b21-10-/t16-/m1/s1. The quantitative estimate of drug-likeness (QED) is 0.437. The first-order valence-corrected chi connectivity index (χ1v) is 10.1. The van der Waals surface area contributed by atoms with E-state index in [2.05, 4.69) is 36.8 Å². The number of thioether (sulfide) groups is 1. The van der Waals surface area contributed by atoms with E-state index in [1.807, 2.05) is 12.1 Å². The van der Waals surface area contributed by atoms with Gasteiger partial charge in [-0.2, -0.15) is 5.10 Å². The number of hydrogen-bond acceptors (Lipinski definition) is 7. The minimum atomic E-state index is -0.576. The summed E-state index contributed by atoms with van der Waals surface area (Å²) in [7, 11) is 1.45. The number of amides is 2. The summed E-state index contributed by atoms with van der Waals surface area (Å²) in [5.41, 5.74) is 1.33. The number of hydrogen-bond donors (Lipinski definition) is 3. The van der Waals surface area contributed by atoms with Gasteiger partial charge in [-0.25, -0.2) is 0 Å². The SMILES string of the molecule is COc1cc(/C=N\N=C2\NC(=O)[C@@H](CC(=O)Nc3ccc(Br)cc3)S2)ccc1O. The van der Waals surface area contributed by atoms with Gasteiger partial charge in [-0.15, -0.1) is 5.10 Å². The zero-order chi connectivity index (χ0) is 20.8. The highest BCUT2D eigenvalue weighted by Gasteiger charge is 2.32. The molecule has 0 unspecified atom stereocenters. The number of benzene rings is 2.